The molecular weight excluding hydrogens is 600 g/mol. The number of halogens is 2. The van der Waals surface area contributed by atoms with Gasteiger partial charge in [-0.2, -0.15) is 0 Å². The van der Waals surface area contributed by atoms with Gasteiger partial charge in [0.1, 0.15) is 17.1 Å². The molecule has 5 rings (SSSR count). The van der Waals surface area contributed by atoms with Gasteiger partial charge in [-0.05, 0) is 73.2 Å². The number of nitro benzene ring substituents is 1. The van der Waals surface area contributed by atoms with Crippen molar-refractivity contribution in [3.63, 3.8) is 0 Å². The number of benzene rings is 3. The van der Waals surface area contributed by atoms with E-state index in [9.17, 15) is 24.1 Å². The van der Waals surface area contributed by atoms with E-state index in [1.54, 1.807) is 31.3 Å². The Bertz CT molecular complexity index is 2020. The molecule has 46 heavy (non-hydrogen) atoms. The first kappa shape index (κ1) is 31.1. The largest absolute Gasteiger partial charge is 0.493 e. The van der Waals surface area contributed by atoms with Gasteiger partial charge in [0.05, 0.1) is 17.2 Å². The third-order valence-corrected chi connectivity index (χ3v) is 6.71. The molecule has 1 amide bonds. The van der Waals surface area contributed by atoms with Crippen molar-refractivity contribution >= 4 is 29.3 Å². The summed E-state index contributed by atoms with van der Waals surface area (Å²) in [6.45, 7) is 1.85. The van der Waals surface area contributed by atoms with Crippen LogP contribution in [0.4, 0.5) is 20.2 Å². The lowest BCUT2D eigenvalue weighted by atomic mass is 10.0. The molecule has 0 radical (unpaired) electrons. The van der Waals surface area contributed by atoms with Crippen molar-refractivity contribution in [2.45, 2.75) is 6.92 Å². The summed E-state index contributed by atoms with van der Waals surface area (Å²) in [5.74, 6) is -2.35. The van der Waals surface area contributed by atoms with Crippen molar-refractivity contribution in [1.82, 2.24) is 9.55 Å². The summed E-state index contributed by atoms with van der Waals surface area (Å²) < 4.78 is 41.3. The van der Waals surface area contributed by atoms with Crippen molar-refractivity contribution in [1.29, 1.82) is 5.41 Å². The maximum atomic E-state index is 15.3. The first-order chi connectivity index (χ1) is 22.2. The highest BCUT2D eigenvalue weighted by Gasteiger charge is 2.22. The number of ether oxygens (including phenoxy) is 2. The van der Waals surface area contributed by atoms with E-state index in [0.717, 1.165) is 16.8 Å². The topological polar surface area (TPSA) is 152 Å². The van der Waals surface area contributed by atoms with E-state index >= 15 is 4.39 Å². The molecule has 2 aromatic heterocycles. The highest BCUT2D eigenvalue weighted by molar-refractivity contribution is 6.06. The maximum Gasteiger partial charge on any atom is 0.271 e. The van der Waals surface area contributed by atoms with Crippen LogP contribution in [-0.4, -0.2) is 33.2 Å². The van der Waals surface area contributed by atoms with E-state index < -0.39 is 28.0 Å². The number of hydrogen-bond acceptors (Lipinski definition) is 7. The van der Waals surface area contributed by atoms with Crippen LogP contribution in [0.5, 0.6) is 11.5 Å². The Morgan fingerprint density at radius 2 is 1.78 bits per heavy atom. The zero-order valence-electron chi connectivity index (χ0n) is 24.1. The average Bonchev–Trinajstić information content (AvgIpc) is 3.53. The van der Waals surface area contributed by atoms with E-state index in [0.29, 0.717) is 22.5 Å². The third kappa shape index (κ3) is 6.58. The Hall–Kier alpha value is -6.37. The van der Waals surface area contributed by atoms with Crippen LogP contribution >= 0.6 is 0 Å². The number of carbonyl (C=O) groups is 1. The van der Waals surface area contributed by atoms with Gasteiger partial charge in [-0.25, -0.2) is 8.78 Å². The van der Waals surface area contributed by atoms with Gasteiger partial charge in [-0.3, -0.25) is 24.3 Å². The lowest BCUT2D eigenvalue weighted by Crippen LogP contribution is -2.29. The fourth-order valence-electron chi connectivity index (χ4n) is 4.60. The van der Waals surface area contributed by atoms with Crippen molar-refractivity contribution in [2.24, 2.45) is 0 Å². The number of rotatable bonds is 11. The number of pyridine rings is 1. The van der Waals surface area contributed by atoms with Gasteiger partial charge < -0.3 is 25.2 Å². The van der Waals surface area contributed by atoms with Gasteiger partial charge in [0.2, 0.25) is 0 Å². The highest BCUT2D eigenvalue weighted by atomic mass is 19.1. The Balaban J connectivity index is 1.40. The van der Waals surface area contributed by atoms with Gasteiger partial charge in [-0.1, -0.05) is 0 Å². The van der Waals surface area contributed by atoms with Gasteiger partial charge in [0.15, 0.2) is 17.3 Å². The number of aromatic amines is 1. The Labute approximate surface area is 260 Å². The van der Waals surface area contributed by atoms with Crippen LogP contribution in [0.15, 0.2) is 102 Å². The van der Waals surface area contributed by atoms with E-state index in [-0.39, 0.29) is 40.8 Å². The van der Waals surface area contributed by atoms with Crippen LogP contribution in [0.3, 0.4) is 0 Å². The van der Waals surface area contributed by atoms with E-state index in [1.807, 2.05) is 0 Å². The van der Waals surface area contributed by atoms with Gasteiger partial charge in [-0.15, -0.1) is 0 Å². The third-order valence-electron chi connectivity index (χ3n) is 6.71. The second-order valence-electron chi connectivity index (χ2n) is 9.61. The highest BCUT2D eigenvalue weighted by Crippen LogP contribution is 2.32. The van der Waals surface area contributed by atoms with Crippen LogP contribution in [-0.2, 0) is 0 Å². The minimum Gasteiger partial charge on any atom is -0.493 e. The summed E-state index contributed by atoms with van der Waals surface area (Å²) in [4.78, 5) is 40.2. The quantitative estimate of drug-likeness (QED) is 0.0640. The second kappa shape index (κ2) is 13.5. The lowest BCUT2D eigenvalue weighted by Gasteiger charge is -2.15. The van der Waals surface area contributed by atoms with Gasteiger partial charge >= 0.3 is 0 Å². The molecular formula is C33H25F2N5O6. The molecule has 3 aromatic carbocycles. The van der Waals surface area contributed by atoms with Crippen molar-refractivity contribution < 1.29 is 28.0 Å². The number of H-pyrrole nitrogens is 1. The minimum absolute atomic E-state index is 0.0120. The molecule has 0 saturated heterocycles. The zero-order chi connectivity index (χ0) is 32.8. The van der Waals surface area contributed by atoms with Crippen molar-refractivity contribution in [2.75, 3.05) is 11.9 Å². The number of hydrogen-bond donors (Lipinski definition) is 3. The van der Waals surface area contributed by atoms with Crippen LogP contribution in [0.2, 0.25) is 0 Å². The van der Waals surface area contributed by atoms with Crippen LogP contribution in [0.25, 0.3) is 22.6 Å². The number of aromatic nitrogens is 2. The van der Waals surface area contributed by atoms with E-state index in [1.165, 1.54) is 66.9 Å². The molecule has 0 aliphatic rings. The molecule has 5 aromatic rings. The first-order valence-electron chi connectivity index (χ1n) is 13.8. The molecule has 11 nitrogen and oxygen atoms in total. The standard InChI is InChI=1S/C33H25F2N5O6/c1-2-45-28-15-18-39(23-10-5-21(34)6-11-23)33(42)30(28)32(41)38-22-7-12-27(26(35)19-22)46-29(13-16-36)31-25(14-17-37-31)20-3-8-24(9-4-20)40(43)44/h3-19,36-37H,2H2,1H3,(H,38,41)/b29-13+,36-16?. The Morgan fingerprint density at radius 1 is 1.04 bits per heavy atom. The minimum atomic E-state index is -0.862. The number of allylic oxidation sites excluding steroid dienone is 1. The molecule has 0 fully saturated rings. The molecule has 0 bridgehead atoms. The Morgan fingerprint density at radius 3 is 2.43 bits per heavy atom. The predicted octanol–water partition coefficient (Wildman–Crippen LogP) is 6.74. The van der Waals surface area contributed by atoms with Crippen molar-refractivity contribution in [3.8, 4) is 28.3 Å². The fourth-order valence-corrected chi connectivity index (χ4v) is 4.60. The van der Waals surface area contributed by atoms with Gasteiger partial charge in [0.25, 0.3) is 17.2 Å². The van der Waals surface area contributed by atoms with Gasteiger partial charge in [0, 0.05) is 59.8 Å². The molecule has 3 N–H and O–H groups in total. The lowest BCUT2D eigenvalue weighted by molar-refractivity contribution is -0.384. The molecule has 0 aliphatic carbocycles. The molecule has 2 heterocycles. The molecule has 0 aliphatic heterocycles. The summed E-state index contributed by atoms with van der Waals surface area (Å²) in [5.41, 5.74) is 0.780. The molecule has 0 saturated carbocycles. The number of nitro groups is 1. The molecule has 0 spiro atoms. The first-order valence-corrected chi connectivity index (χ1v) is 13.8. The molecule has 13 heteroatoms. The number of nitrogens with one attached hydrogen (secondary N) is 3. The normalized spacial score (nSPS) is 11.2. The summed E-state index contributed by atoms with van der Waals surface area (Å²) in [7, 11) is 0. The maximum absolute atomic E-state index is 15.3. The van der Waals surface area contributed by atoms with Crippen LogP contribution < -0.4 is 20.3 Å². The van der Waals surface area contributed by atoms with Crippen molar-refractivity contribution in [3.05, 3.63) is 141 Å². The number of amides is 1. The van der Waals surface area contributed by atoms with Crippen LogP contribution in [0, 0.1) is 27.2 Å². The number of non-ortho nitro benzene ring substituents is 1. The molecule has 232 valence electrons. The fraction of sp³-hybridized carbons (Fsp3) is 0.0606. The number of anilines is 1. The zero-order valence-corrected chi connectivity index (χ0v) is 24.1. The number of carbonyl (C=O) groups excluding carboxylic acids is 1. The average molecular weight is 626 g/mol. The Kier molecular flexibility index (Phi) is 9.12. The monoisotopic (exact) mass is 625 g/mol. The molecule has 0 atom stereocenters. The van der Waals surface area contributed by atoms with Crippen LogP contribution in [0.1, 0.15) is 23.0 Å². The summed E-state index contributed by atoms with van der Waals surface area (Å²) >= 11 is 0. The summed E-state index contributed by atoms with van der Waals surface area (Å²) in [6, 6.07) is 17.7. The number of nitrogens with zero attached hydrogens (tertiary/aromatic N) is 2. The summed E-state index contributed by atoms with van der Waals surface area (Å²) in [5, 5.41) is 21.1. The SMILES string of the molecule is CCOc1ccn(-c2ccc(F)cc2)c(=O)c1C(=O)Nc1ccc(O/C(=C/C=N)c2[nH]ccc2-c2ccc([N+](=O)[O-])cc2)c(F)c1. The summed E-state index contributed by atoms with van der Waals surface area (Å²) in [6.07, 6.45) is 5.26. The van der Waals surface area contributed by atoms with E-state index in [2.05, 4.69) is 10.3 Å². The smallest absolute Gasteiger partial charge is 0.271 e. The van der Waals surface area contributed by atoms with E-state index in [4.69, 9.17) is 14.9 Å². The molecule has 0 unspecified atom stereocenters. The predicted molar refractivity (Wildman–Crippen MR) is 168 cm³/mol. The second-order valence-corrected chi connectivity index (χ2v) is 9.61.